The first-order valence-electron chi connectivity index (χ1n) is 6.04. The molecule has 1 atom stereocenters. The maximum Gasteiger partial charge on any atom is 0.410 e. The molecule has 2 aliphatic rings. The van der Waals surface area contributed by atoms with Gasteiger partial charge >= 0.3 is 6.09 Å². The first-order valence-corrected chi connectivity index (χ1v) is 6.04. The Morgan fingerprint density at radius 2 is 2.29 bits per heavy atom. The highest BCUT2D eigenvalue weighted by atomic mass is 16.6. The number of carbonyl (C=O) groups excluding carboxylic acids is 1. The van der Waals surface area contributed by atoms with Crippen LogP contribution in [0, 0.1) is 0 Å². The Kier molecular flexibility index (Phi) is 3.02. The second-order valence-corrected chi connectivity index (χ2v) is 5.78. The fourth-order valence-corrected chi connectivity index (χ4v) is 2.20. The molecule has 0 aromatic rings. The molecule has 17 heavy (non-hydrogen) atoms. The zero-order valence-corrected chi connectivity index (χ0v) is 10.7. The molecule has 2 heterocycles. The summed E-state index contributed by atoms with van der Waals surface area (Å²) in [6.45, 7) is 7.54. The summed E-state index contributed by atoms with van der Waals surface area (Å²) >= 11 is 0. The third-order valence-electron chi connectivity index (χ3n) is 2.96. The van der Waals surface area contributed by atoms with Gasteiger partial charge in [0.05, 0.1) is 6.54 Å². The maximum absolute atomic E-state index is 12.0. The summed E-state index contributed by atoms with van der Waals surface area (Å²) in [5.74, 6) is 0. The van der Waals surface area contributed by atoms with Gasteiger partial charge < -0.3 is 14.4 Å². The second kappa shape index (κ2) is 4.20. The van der Waals surface area contributed by atoms with E-state index < -0.39 is 5.60 Å². The minimum Gasteiger partial charge on any atom is -0.481 e. The number of aliphatic imine (C=N–C) groups is 1. The van der Waals surface area contributed by atoms with Crippen molar-refractivity contribution in [3.05, 3.63) is 0 Å². The zero-order valence-electron chi connectivity index (χ0n) is 10.7. The Bertz CT molecular complexity index is 335. The summed E-state index contributed by atoms with van der Waals surface area (Å²) in [5.41, 5.74) is -0.674. The van der Waals surface area contributed by atoms with Crippen LogP contribution in [0.25, 0.3) is 0 Å². The van der Waals surface area contributed by atoms with Crippen molar-refractivity contribution in [3.8, 4) is 0 Å². The van der Waals surface area contributed by atoms with Crippen molar-refractivity contribution in [2.24, 2.45) is 4.99 Å². The number of piperidine rings is 1. The standard InChI is InChI=1S/C12H20N2O3/c1-11(2,3)17-10(15)14-6-4-5-12(7-14)8-16-9-13-12/h9H,4-8H2,1-3H3. The van der Waals surface area contributed by atoms with Crippen LogP contribution >= 0.6 is 0 Å². The van der Waals surface area contributed by atoms with Crippen LogP contribution in [0.3, 0.4) is 0 Å². The number of hydrogen-bond donors (Lipinski definition) is 0. The van der Waals surface area contributed by atoms with Crippen molar-refractivity contribution in [2.45, 2.75) is 44.8 Å². The third-order valence-corrected chi connectivity index (χ3v) is 2.96. The molecule has 0 saturated carbocycles. The smallest absolute Gasteiger partial charge is 0.410 e. The van der Waals surface area contributed by atoms with Gasteiger partial charge in [0.1, 0.15) is 17.7 Å². The molecule has 1 unspecified atom stereocenters. The molecular weight excluding hydrogens is 220 g/mol. The molecule has 0 aromatic carbocycles. The van der Waals surface area contributed by atoms with Crippen LogP contribution in [0.4, 0.5) is 4.79 Å². The van der Waals surface area contributed by atoms with Crippen molar-refractivity contribution < 1.29 is 14.3 Å². The van der Waals surface area contributed by atoms with E-state index in [2.05, 4.69) is 4.99 Å². The molecule has 1 spiro atoms. The molecular formula is C12H20N2O3. The lowest BCUT2D eigenvalue weighted by Crippen LogP contribution is -2.51. The van der Waals surface area contributed by atoms with Gasteiger partial charge in [-0.25, -0.2) is 9.79 Å². The van der Waals surface area contributed by atoms with Crippen molar-refractivity contribution in [3.63, 3.8) is 0 Å². The van der Waals surface area contributed by atoms with E-state index in [9.17, 15) is 4.79 Å². The molecule has 5 nitrogen and oxygen atoms in total. The van der Waals surface area contributed by atoms with E-state index in [1.807, 2.05) is 20.8 Å². The van der Waals surface area contributed by atoms with Crippen molar-refractivity contribution in [1.82, 2.24) is 4.90 Å². The molecule has 0 N–H and O–H groups in total. The van der Waals surface area contributed by atoms with Gasteiger partial charge in [-0.15, -0.1) is 0 Å². The van der Waals surface area contributed by atoms with Crippen LogP contribution in [-0.2, 0) is 9.47 Å². The van der Waals surface area contributed by atoms with E-state index in [1.165, 1.54) is 6.40 Å². The third kappa shape index (κ3) is 2.90. The van der Waals surface area contributed by atoms with Gasteiger partial charge in [0, 0.05) is 6.54 Å². The van der Waals surface area contributed by atoms with Gasteiger partial charge in [-0.05, 0) is 33.6 Å². The van der Waals surface area contributed by atoms with E-state index in [-0.39, 0.29) is 11.6 Å². The highest BCUT2D eigenvalue weighted by molar-refractivity contribution is 5.68. The van der Waals surface area contributed by atoms with E-state index in [1.54, 1.807) is 4.90 Å². The topological polar surface area (TPSA) is 51.1 Å². The second-order valence-electron chi connectivity index (χ2n) is 5.78. The van der Waals surface area contributed by atoms with Crippen LogP contribution in [0.2, 0.25) is 0 Å². The number of likely N-dealkylation sites (tertiary alicyclic amines) is 1. The molecule has 5 heteroatoms. The van der Waals surface area contributed by atoms with E-state index in [0.29, 0.717) is 13.2 Å². The van der Waals surface area contributed by atoms with Crippen LogP contribution in [0.5, 0.6) is 0 Å². The van der Waals surface area contributed by atoms with E-state index >= 15 is 0 Å². The van der Waals surface area contributed by atoms with Crippen molar-refractivity contribution in [1.29, 1.82) is 0 Å². The number of hydrogen-bond acceptors (Lipinski definition) is 4. The number of nitrogens with zero attached hydrogens (tertiary/aromatic N) is 2. The molecule has 2 aliphatic heterocycles. The minimum atomic E-state index is -0.447. The maximum atomic E-state index is 12.0. The Labute approximate surface area is 102 Å². The van der Waals surface area contributed by atoms with Crippen molar-refractivity contribution >= 4 is 12.5 Å². The SMILES string of the molecule is CC(C)(C)OC(=O)N1CCCC2(COC=N2)C1. The van der Waals surface area contributed by atoms with Crippen LogP contribution in [0.1, 0.15) is 33.6 Å². The summed E-state index contributed by atoms with van der Waals surface area (Å²) in [6.07, 6.45) is 3.17. The van der Waals surface area contributed by atoms with E-state index in [4.69, 9.17) is 9.47 Å². The lowest BCUT2D eigenvalue weighted by atomic mass is 9.91. The summed E-state index contributed by atoms with van der Waals surface area (Å²) in [5, 5.41) is 0. The van der Waals surface area contributed by atoms with Gasteiger partial charge in [0.25, 0.3) is 0 Å². The van der Waals surface area contributed by atoms with Crippen LogP contribution in [0.15, 0.2) is 4.99 Å². The van der Waals surface area contributed by atoms with Gasteiger partial charge in [0.15, 0.2) is 6.40 Å². The largest absolute Gasteiger partial charge is 0.481 e. The Morgan fingerprint density at radius 3 is 2.88 bits per heavy atom. The first-order chi connectivity index (χ1) is 7.90. The molecule has 1 fully saturated rings. The summed E-state index contributed by atoms with van der Waals surface area (Å²) in [6, 6.07) is 0. The Morgan fingerprint density at radius 1 is 1.53 bits per heavy atom. The average molecular weight is 240 g/mol. The highest BCUT2D eigenvalue weighted by Gasteiger charge is 2.40. The molecule has 2 rings (SSSR count). The van der Waals surface area contributed by atoms with Crippen LogP contribution < -0.4 is 0 Å². The van der Waals surface area contributed by atoms with Gasteiger partial charge in [-0.1, -0.05) is 0 Å². The number of rotatable bonds is 0. The van der Waals surface area contributed by atoms with Crippen molar-refractivity contribution in [2.75, 3.05) is 19.7 Å². The van der Waals surface area contributed by atoms with Gasteiger partial charge in [-0.2, -0.15) is 0 Å². The minimum absolute atomic E-state index is 0.227. The highest BCUT2D eigenvalue weighted by Crippen LogP contribution is 2.28. The predicted octanol–water partition coefficient (Wildman–Crippen LogP) is 1.81. The molecule has 0 bridgehead atoms. The molecule has 96 valence electrons. The van der Waals surface area contributed by atoms with Gasteiger partial charge in [0.2, 0.25) is 0 Å². The van der Waals surface area contributed by atoms with E-state index in [0.717, 1.165) is 19.4 Å². The zero-order chi connectivity index (χ0) is 12.5. The summed E-state index contributed by atoms with van der Waals surface area (Å²) < 4.78 is 10.6. The quantitative estimate of drug-likeness (QED) is 0.649. The Balaban J connectivity index is 1.98. The fourth-order valence-electron chi connectivity index (χ4n) is 2.20. The number of carbonyl (C=O) groups is 1. The van der Waals surface area contributed by atoms with Crippen LogP contribution in [-0.4, -0.2) is 48.2 Å². The number of ether oxygens (including phenoxy) is 2. The molecule has 1 saturated heterocycles. The normalized spacial score (nSPS) is 28.3. The lowest BCUT2D eigenvalue weighted by Gasteiger charge is -2.37. The lowest BCUT2D eigenvalue weighted by molar-refractivity contribution is 0.0125. The molecule has 0 aromatic heterocycles. The first kappa shape index (κ1) is 12.2. The average Bonchev–Trinajstić information content (AvgIpc) is 2.64. The molecule has 0 aliphatic carbocycles. The Hall–Kier alpha value is -1.26. The predicted molar refractivity (Wildman–Crippen MR) is 64.2 cm³/mol. The monoisotopic (exact) mass is 240 g/mol. The van der Waals surface area contributed by atoms with Gasteiger partial charge in [-0.3, -0.25) is 0 Å². The molecule has 1 amide bonds. The number of amides is 1. The fraction of sp³-hybridized carbons (Fsp3) is 0.833. The molecule has 0 radical (unpaired) electrons. The summed E-state index contributed by atoms with van der Waals surface area (Å²) in [4.78, 5) is 18.1. The summed E-state index contributed by atoms with van der Waals surface area (Å²) in [7, 11) is 0.